The van der Waals surface area contributed by atoms with E-state index in [0.717, 1.165) is 31.1 Å². The first-order valence-corrected chi connectivity index (χ1v) is 9.83. The van der Waals surface area contributed by atoms with Crippen molar-refractivity contribution < 1.29 is 13.9 Å². The van der Waals surface area contributed by atoms with Crippen molar-refractivity contribution in [3.05, 3.63) is 52.9 Å². The molecule has 1 heterocycles. The molecule has 0 bridgehead atoms. The molecule has 1 aromatic carbocycles. The van der Waals surface area contributed by atoms with E-state index in [-0.39, 0.29) is 22.4 Å². The first-order valence-electron chi connectivity index (χ1n) is 9.83. The van der Waals surface area contributed by atoms with Crippen LogP contribution in [-0.2, 0) is 4.79 Å². The molecular weight excluding hydrogens is 340 g/mol. The van der Waals surface area contributed by atoms with Crippen molar-refractivity contribution in [3.63, 3.8) is 0 Å². The van der Waals surface area contributed by atoms with Crippen LogP contribution in [0.25, 0.3) is 11.0 Å². The quantitative estimate of drug-likeness (QED) is 0.594. The van der Waals surface area contributed by atoms with Crippen LogP contribution in [0.15, 0.2) is 51.7 Å². The lowest BCUT2D eigenvalue weighted by atomic mass is 9.60. The van der Waals surface area contributed by atoms with Crippen molar-refractivity contribution in [1.82, 2.24) is 0 Å². The van der Waals surface area contributed by atoms with Crippen molar-refractivity contribution in [2.75, 3.05) is 6.61 Å². The Morgan fingerprint density at radius 1 is 1.22 bits per heavy atom. The molecule has 0 N–H and O–H groups in total. The highest BCUT2D eigenvalue weighted by atomic mass is 16.5. The molecule has 4 nitrogen and oxygen atoms in total. The Morgan fingerprint density at radius 3 is 2.89 bits per heavy atom. The third-order valence-corrected chi connectivity index (χ3v) is 7.60. The lowest BCUT2D eigenvalue weighted by Gasteiger charge is -2.44. The fourth-order valence-electron chi connectivity index (χ4n) is 5.98. The second-order valence-corrected chi connectivity index (χ2v) is 8.66. The number of ether oxygens (including phenoxy) is 1. The van der Waals surface area contributed by atoms with E-state index in [1.165, 1.54) is 11.6 Å². The summed E-state index contributed by atoms with van der Waals surface area (Å²) in [4.78, 5) is 23.7. The highest BCUT2D eigenvalue weighted by Gasteiger charge is 2.74. The van der Waals surface area contributed by atoms with Crippen molar-refractivity contribution >= 4 is 16.8 Å². The lowest BCUT2D eigenvalue weighted by molar-refractivity contribution is -0.129. The van der Waals surface area contributed by atoms with Gasteiger partial charge in [0, 0.05) is 35.3 Å². The number of rotatable bonds is 3. The summed E-state index contributed by atoms with van der Waals surface area (Å²) in [5, 5.41) is 0.879. The molecule has 5 rings (SSSR count). The molecular formula is C23H24O4. The Balaban J connectivity index is 1.41. The van der Waals surface area contributed by atoms with Crippen LogP contribution in [0.1, 0.15) is 39.0 Å². The average Bonchev–Trinajstić information content (AvgIpc) is 3.34. The van der Waals surface area contributed by atoms with Crippen LogP contribution in [0.2, 0.25) is 0 Å². The van der Waals surface area contributed by atoms with Gasteiger partial charge < -0.3 is 9.15 Å². The van der Waals surface area contributed by atoms with Crippen LogP contribution in [0.5, 0.6) is 5.75 Å². The molecule has 0 aliphatic heterocycles. The van der Waals surface area contributed by atoms with Gasteiger partial charge in [-0.05, 0) is 55.2 Å². The Labute approximate surface area is 158 Å². The van der Waals surface area contributed by atoms with Gasteiger partial charge in [-0.1, -0.05) is 19.1 Å². The normalized spacial score (nSPS) is 34.9. The van der Waals surface area contributed by atoms with E-state index >= 15 is 0 Å². The minimum absolute atomic E-state index is 0.00262. The van der Waals surface area contributed by atoms with Crippen LogP contribution >= 0.6 is 0 Å². The molecule has 3 fully saturated rings. The maximum atomic E-state index is 12.2. The summed E-state index contributed by atoms with van der Waals surface area (Å²) < 4.78 is 11.5. The number of hydrogen-bond acceptors (Lipinski definition) is 4. The maximum Gasteiger partial charge on any atom is 0.336 e. The number of fused-ring (bicyclic) bond motifs is 1. The molecule has 2 aromatic rings. The van der Waals surface area contributed by atoms with Gasteiger partial charge in [-0.15, -0.1) is 0 Å². The van der Waals surface area contributed by atoms with Gasteiger partial charge in [0.2, 0.25) is 0 Å². The zero-order valence-electron chi connectivity index (χ0n) is 15.6. The summed E-state index contributed by atoms with van der Waals surface area (Å²) in [7, 11) is 0. The first kappa shape index (κ1) is 16.8. The van der Waals surface area contributed by atoms with Crippen molar-refractivity contribution in [2.24, 2.45) is 22.7 Å². The Bertz CT molecular complexity index is 1020. The standard InChI is InChI=1S/C23H24O4/c1-14-3-7-18-15(2)19(24)9-10-22(18)12-23(14,22)13-26-17-6-4-16-5-8-21(25)27-20(16)11-17/h4-6,8,11,15,18H,1,3,7,9-10,12-13H2,2H3/t15-,18+,22-,23+/m1/s1. The zero-order chi connectivity index (χ0) is 18.8. The van der Waals surface area contributed by atoms with Crippen LogP contribution in [0.4, 0.5) is 0 Å². The molecule has 4 heteroatoms. The number of benzene rings is 1. The summed E-state index contributed by atoms with van der Waals surface area (Å²) in [6, 6.07) is 8.80. The van der Waals surface area contributed by atoms with Gasteiger partial charge in [0.1, 0.15) is 17.1 Å². The monoisotopic (exact) mass is 364 g/mol. The summed E-state index contributed by atoms with van der Waals surface area (Å²) in [5.41, 5.74) is 1.66. The topological polar surface area (TPSA) is 56.5 Å². The van der Waals surface area contributed by atoms with Crippen molar-refractivity contribution in [1.29, 1.82) is 0 Å². The van der Waals surface area contributed by atoms with Gasteiger partial charge in [0.15, 0.2) is 0 Å². The molecule has 1 aromatic heterocycles. The molecule has 0 saturated heterocycles. The van der Waals surface area contributed by atoms with Crippen LogP contribution in [-0.4, -0.2) is 12.4 Å². The Hall–Kier alpha value is -2.36. The molecule has 3 saturated carbocycles. The molecule has 140 valence electrons. The third kappa shape index (κ3) is 2.28. The summed E-state index contributed by atoms with van der Waals surface area (Å²) >= 11 is 0. The van der Waals surface area contributed by atoms with Crippen LogP contribution in [0, 0.1) is 22.7 Å². The Morgan fingerprint density at radius 2 is 2.04 bits per heavy atom. The van der Waals surface area contributed by atoms with Gasteiger partial charge in [-0.3, -0.25) is 4.79 Å². The molecule has 0 radical (unpaired) electrons. The third-order valence-electron chi connectivity index (χ3n) is 7.60. The van der Waals surface area contributed by atoms with E-state index < -0.39 is 0 Å². The predicted octanol–water partition coefficient (Wildman–Crippen LogP) is 4.51. The van der Waals surface area contributed by atoms with E-state index in [2.05, 4.69) is 13.5 Å². The fourth-order valence-corrected chi connectivity index (χ4v) is 5.98. The fraction of sp³-hybridized carbons (Fsp3) is 0.478. The largest absolute Gasteiger partial charge is 0.493 e. The smallest absolute Gasteiger partial charge is 0.336 e. The number of ketones is 1. The Kier molecular flexibility index (Phi) is 3.46. The maximum absolute atomic E-state index is 12.2. The van der Waals surface area contributed by atoms with Crippen molar-refractivity contribution in [3.8, 4) is 5.75 Å². The van der Waals surface area contributed by atoms with E-state index in [0.29, 0.717) is 36.1 Å². The van der Waals surface area contributed by atoms with Crippen LogP contribution in [0.3, 0.4) is 0 Å². The predicted molar refractivity (Wildman–Crippen MR) is 103 cm³/mol. The second kappa shape index (κ2) is 5.57. The lowest BCUT2D eigenvalue weighted by Crippen LogP contribution is -2.42. The minimum atomic E-state index is -0.358. The summed E-state index contributed by atoms with van der Waals surface area (Å²) in [6.45, 7) is 7.09. The molecule has 1 spiro atoms. The van der Waals surface area contributed by atoms with E-state index in [4.69, 9.17) is 9.15 Å². The molecule has 0 amide bonds. The SMILES string of the molecule is C=C1CC[C@H]2[C@@H](C)C(=O)CC[C@@]23C[C@]13COc1ccc2ccc(=O)oc2c1. The number of hydrogen-bond donors (Lipinski definition) is 0. The highest BCUT2D eigenvalue weighted by Crippen LogP contribution is 2.79. The summed E-state index contributed by atoms with van der Waals surface area (Å²) in [6.07, 6.45) is 4.81. The molecule has 27 heavy (non-hydrogen) atoms. The summed E-state index contributed by atoms with van der Waals surface area (Å²) in [5.74, 6) is 1.75. The first-order chi connectivity index (χ1) is 12.9. The average molecular weight is 364 g/mol. The van der Waals surface area contributed by atoms with Gasteiger partial charge in [0.05, 0.1) is 6.61 Å². The van der Waals surface area contributed by atoms with Gasteiger partial charge in [-0.25, -0.2) is 4.79 Å². The second-order valence-electron chi connectivity index (χ2n) is 8.66. The molecule has 3 aliphatic carbocycles. The van der Waals surface area contributed by atoms with Crippen LogP contribution < -0.4 is 10.4 Å². The van der Waals surface area contributed by atoms with Crippen molar-refractivity contribution in [2.45, 2.75) is 39.0 Å². The van der Waals surface area contributed by atoms with Gasteiger partial charge in [0.25, 0.3) is 0 Å². The highest BCUT2D eigenvalue weighted by molar-refractivity contribution is 5.82. The number of carbonyl (C=O) groups is 1. The zero-order valence-corrected chi connectivity index (χ0v) is 15.6. The molecule has 0 unspecified atom stereocenters. The number of Topliss-reactive ketones (excluding diaryl/α,β-unsaturated/α-hetero) is 1. The van der Waals surface area contributed by atoms with Gasteiger partial charge in [-0.2, -0.15) is 0 Å². The van der Waals surface area contributed by atoms with E-state index in [1.54, 1.807) is 12.1 Å². The molecule has 3 aliphatic rings. The van der Waals surface area contributed by atoms with Gasteiger partial charge >= 0.3 is 5.63 Å². The molecule has 4 atom stereocenters. The minimum Gasteiger partial charge on any atom is -0.493 e. The van der Waals surface area contributed by atoms with E-state index in [9.17, 15) is 9.59 Å². The van der Waals surface area contributed by atoms with E-state index in [1.807, 2.05) is 12.1 Å². The number of carbonyl (C=O) groups excluding carboxylic acids is 1.